The van der Waals surface area contributed by atoms with Crippen molar-refractivity contribution in [3.05, 3.63) is 46.5 Å². The number of fused-ring (bicyclic) bond motifs is 3. The minimum absolute atomic E-state index is 0.288. The van der Waals surface area contributed by atoms with Gasteiger partial charge in [0.25, 0.3) is 0 Å². The highest BCUT2D eigenvalue weighted by Crippen LogP contribution is 2.63. The van der Waals surface area contributed by atoms with Crippen molar-refractivity contribution in [2.75, 3.05) is 0 Å². The molecule has 3 atom stereocenters. The maximum Gasteiger partial charge on any atom is 0.0197 e. The van der Waals surface area contributed by atoms with Crippen molar-refractivity contribution < 1.29 is 0 Å². The molecule has 0 spiro atoms. The molecule has 0 aliphatic heterocycles. The Bertz CT molecular complexity index is 594. The van der Waals surface area contributed by atoms with Crippen LogP contribution in [0.15, 0.2) is 24.3 Å². The number of unbranched alkanes of at least 4 members (excludes halogenated alkanes) is 1. The lowest BCUT2D eigenvalue weighted by Gasteiger charge is -2.41. The fraction of sp³-hybridized carbons (Fsp3) is 0.636. The second-order valence-corrected chi connectivity index (χ2v) is 7.76. The number of benzene rings is 1. The van der Waals surface area contributed by atoms with Crippen molar-refractivity contribution in [1.29, 1.82) is 0 Å². The van der Waals surface area contributed by atoms with E-state index in [-0.39, 0.29) is 5.41 Å². The first-order chi connectivity index (χ1) is 10.5. The van der Waals surface area contributed by atoms with Gasteiger partial charge in [0.15, 0.2) is 0 Å². The Labute approximate surface area is 137 Å². The molecule has 3 unspecified atom stereocenters. The molecule has 3 rings (SSSR count). The molecule has 0 heterocycles. The molecule has 0 aromatic heterocycles. The van der Waals surface area contributed by atoms with E-state index in [4.69, 9.17) is 0 Å². The number of hydrogen-bond donors (Lipinski definition) is 0. The second-order valence-electron chi connectivity index (χ2n) is 7.76. The normalized spacial score (nSPS) is 32.3. The third-order valence-electron chi connectivity index (χ3n) is 6.92. The lowest BCUT2D eigenvalue weighted by molar-refractivity contribution is 0.166. The van der Waals surface area contributed by atoms with Gasteiger partial charge in [0, 0.05) is 5.41 Å². The molecule has 22 heavy (non-hydrogen) atoms. The Kier molecular flexibility index (Phi) is 4.00. The number of allylic oxidation sites excluding steroid dienone is 2. The van der Waals surface area contributed by atoms with Gasteiger partial charge in [-0.3, -0.25) is 0 Å². The van der Waals surface area contributed by atoms with Crippen molar-refractivity contribution in [2.24, 2.45) is 11.3 Å². The standard InChI is InChI=1S/C22H32/c1-6-9-10-18-12-11-17(7-2)19-15-21(5)16(4)13-14-22(21,8-3)20(18)19/h11-14,16H,6-10,15H2,1-5H3. The van der Waals surface area contributed by atoms with Crippen LogP contribution in [0.5, 0.6) is 0 Å². The summed E-state index contributed by atoms with van der Waals surface area (Å²) in [5.41, 5.74) is 7.34. The van der Waals surface area contributed by atoms with Crippen LogP contribution in [0.2, 0.25) is 0 Å². The molecule has 0 heteroatoms. The summed E-state index contributed by atoms with van der Waals surface area (Å²) >= 11 is 0. The second kappa shape index (κ2) is 5.55. The molecule has 0 N–H and O–H groups in total. The predicted molar refractivity (Wildman–Crippen MR) is 96.5 cm³/mol. The average molecular weight is 296 g/mol. The monoisotopic (exact) mass is 296 g/mol. The van der Waals surface area contributed by atoms with Gasteiger partial charge in [-0.05, 0) is 65.7 Å². The average Bonchev–Trinajstić information content (AvgIpc) is 2.94. The lowest BCUT2D eigenvalue weighted by Crippen LogP contribution is -2.39. The van der Waals surface area contributed by atoms with E-state index in [9.17, 15) is 0 Å². The summed E-state index contributed by atoms with van der Waals surface area (Å²) in [4.78, 5) is 0. The molecule has 0 saturated heterocycles. The lowest BCUT2D eigenvalue weighted by atomic mass is 9.61. The van der Waals surface area contributed by atoms with Crippen LogP contribution in [0.4, 0.5) is 0 Å². The van der Waals surface area contributed by atoms with Gasteiger partial charge in [-0.15, -0.1) is 0 Å². The Balaban J connectivity index is 2.21. The maximum atomic E-state index is 2.58. The van der Waals surface area contributed by atoms with Gasteiger partial charge in [0.2, 0.25) is 0 Å². The van der Waals surface area contributed by atoms with Gasteiger partial charge < -0.3 is 0 Å². The van der Waals surface area contributed by atoms with Gasteiger partial charge in [-0.2, -0.15) is 0 Å². The Morgan fingerprint density at radius 2 is 1.86 bits per heavy atom. The quantitative estimate of drug-likeness (QED) is 0.584. The van der Waals surface area contributed by atoms with Gasteiger partial charge in [0.1, 0.15) is 0 Å². The van der Waals surface area contributed by atoms with E-state index in [0.717, 1.165) is 0 Å². The van der Waals surface area contributed by atoms with E-state index in [1.807, 2.05) is 0 Å². The third kappa shape index (κ3) is 1.88. The first-order valence-corrected chi connectivity index (χ1v) is 9.37. The van der Waals surface area contributed by atoms with Crippen LogP contribution >= 0.6 is 0 Å². The van der Waals surface area contributed by atoms with E-state index in [0.29, 0.717) is 11.3 Å². The molecule has 0 amide bonds. The SMILES string of the molecule is CCCCc1ccc(CC)c2c1C1(CC)C=CC(C)C1(C)C2. The van der Waals surface area contributed by atoms with Crippen molar-refractivity contribution in [3.8, 4) is 0 Å². The van der Waals surface area contributed by atoms with Crippen molar-refractivity contribution in [3.63, 3.8) is 0 Å². The van der Waals surface area contributed by atoms with Crippen molar-refractivity contribution in [2.45, 2.75) is 78.6 Å². The molecule has 1 aromatic rings. The first-order valence-electron chi connectivity index (χ1n) is 9.37. The molecule has 1 aromatic carbocycles. The zero-order valence-electron chi connectivity index (χ0n) is 15.1. The van der Waals surface area contributed by atoms with Gasteiger partial charge in [-0.1, -0.05) is 65.3 Å². The summed E-state index contributed by atoms with van der Waals surface area (Å²) in [6, 6.07) is 4.87. The van der Waals surface area contributed by atoms with Gasteiger partial charge >= 0.3 is 0 Å². The summed E-state index contributed by atoms with van der Waals surface area (Å²) < 4.78 is 0. The highest BCUT2D eigenvalue weighted by Gasteiger charge is 2.58. The maximum absolute atomic E-state index is 2.58. The Hall–Kier alpha value is -1.04. The van der Waals surface area contributed by atoms with E-state index in [2.05, 4.69) is 58.9 Å². The zero-order valence-corrected chi connectivity index (χ0v) is 15.1. The summed E-state index contributed by atoms with van der Waals surface area (Å²) in [7, 11) is 0. The highest BCUT2D eigenvalue weighted by molar-refractivity contribution is 5.57. The van der Waals surface area contributed by atoms with Crippen LogP contribution < -0.4 is 0 Å². The van der Waals surface area contributed by atoms with Crippen molar-refractivity contribution in [1.82, 2.24) is 0 Å². The fourth-order valence-electron chi connectivity index (χ4n) is 5.27. The largest absolute Gasteiger partial charge is 0.0842 e. The van der Waals surface area contributed by atoms with Crippen LogP contribution in [0.3, 0.4) is 0 Å². The predicted octanol–water partition coefficient (Wildman–Crippen LogP) is 6.01. The van der Waals surface area contributed by atoms with E-state index in [1.54, 1.807) is 22.3 Å². The number of rotatable bonds is 5. The van der Waals surface area contributed by atoms with E-state index >= 15 is 0 Å². The molecule has 2 aliphatic carbocycles. The van der Waals surface area contributed by atoms with Crippen LogP contribution in [-0.4, -0.2) is 0 Å². The third-order valence-corrected chi connectivity index (χ3v) is 6.92. The molecular weight excluding hydrogens is 264 g/mol. The first kappa shape index (κ1) is 15.8. The summed E-state index contributed by atoms with van der Waals surface area (Å²) in [5.74, 6) is 0.684. The zero-order chi connectivity index (χ0) is 16.0. The number of aryl methyl sites for hydroxylation is 2. The topological polar surface area (TPSA) is 0 Å². The van der Waals surface area contributed by atoms with Crippen LogP contribution in [0.25, 0.3) is 0 Å². The summed E-state index contributed by atoms with van der Waals surface area (Å²) in [6.07, 6.45) is 12.6. The molecule has 0 saturated carbocycles. The van der Waals surface area contributed by atoms with Crippen LogP contribution in [-0.2, 0) is 24.7 Å². The molecule has 0 fully saturated rings. The van der Waals surface area contributed by atoms with Gasteiger partial charge in [-0.25, -0.2) is 0 Å². The Morgan fingerprint density at radius 1 is 1.14 bits per heavy atom. The molecule has 0 radical (unpaired) electrons. The summed E-state index contributed by atoms with van der Waals surface area (Å²) in [5, 5.41) is 0. The van der Waals surface area contributed by atoms with Crippen molar-refractivity contribution >= 4 is 0 Å². The smallest absolute Gasteiger partial charge is 0.0197 e. The summed E-state index contributed by atoms with van der Waals surface area (Å²) in [6.45, 7) is 12.0. The molecular formula is C22H32. The fourth-order valence-corrected chi connectivity index (χ4v) is 5.27. The minimum atomic E-state index is 0.288. The molecule has 0 nitrogen and oxygen atoms in total. The van der Waals surface area contributed by atoms with Crippen LogP contribution in [0, 0.1) is 11.3 Å². The molecule has 120 valence electrons. The van der Waals surface area contributed by atoms with Crippen LogP contribution in [0.1, 0.15) is 76.1 Å². The van der Waals surface area contributed by atoms with E-state index < -0.39 is 0 Å². The minimum Gasteiger partial charge on any atom is -0.0842 e. The Morgan fingerprint density at radius 3 is 2.50 bits per heavy atom. The molecule has 2 aliphatic rings. The highest BCUT2D eigenvalue weighted by atomic mass is 14.6. The molecule has 0 bridgehead atoms. The van der Waals surface area contributed by atoms with E-state index in [1.165, 1.54) is 38.5 Å². The number of hydrogen-bond acceptors (Lipinski definition) is 0. The van der Waals surface area contributed by atoms with Gasteiger partial charge in [0.05, 0.1) is 0 Å².